The summed E-state index contributed by atoms with van der Waals surface area (Å²) in [5, 5.41) is 17.6. The zero-order valence-electron chi connectivity index (χ0n) is 10.7. The molecule has 112 valence electrons. The van der Waals surface area contributed by atoms with Gasteiger partial charge >= 0.3 is 5.97 Å². The molecular weight excluding hydrogens is 397 g/mol. The molecule has 0 saturated carbocycles. The van der Waals surface area contributed by atoms with Gasteiger partial charge in [0.05, 0.1) is 10.5 Å². The maximum atomic E-state index is 12.0. The lowest BCUT2D eigenvalue weighted by Crippen LogP contribution is -2.25. The number of hydrogen-bond donors (Lipinski definition) is 3. The van der Waals surface area contributed by atoms with E-state index in [0.717, 1.165) is 12.5 Å². The number of unbranched alkanes of at least 4 members (excludes halogenated alkanes) is 2. The second kappa shape index (κ2) is 7.91. The smallest absolute Gasteiger partial charge is 0.336 e. The summed E-state index contributed by atoms with van der Waals surface area (Å²) >= 11 is 1.84. The second-order valence-corrected chi connectivity index (χ2v) is 7.06. The van der Waals surface area contributed by atoms with Gasteiger partial charge in [-0.1, -0.05) is 0 Å². The summed E-state index contributed by atoms with van der Waals surface area (Å²) in [5.41, 5.74) is -0.0336. The Bertz CT molecular complexity index is 573. The molecule has 1 rings (SSSR count). The predicted molar refractivity (Wildman–Crippen MR) is 82.2 cm³/mol. The van der Waals surface area contributed by atoms with E-state index >= 15 is 0 Å². The molecule has 6 nitrogen and oxygen atoms in total. The van der Waals surface area contributed by atoms with Crippen molar-refractivity contribution in [1.29, 1.82) is 0 Å². The van der Waals surface area contributed by atoms with Crippen LogP contribution in [0.15, 0.2) is 23.1 Å². The standard InChI is InChI=1S/C12H16INO5S/c13-11-5-4-9(8-10(11)12(16)17)20(18,19)14-6-2-1-3-7-15/h4-5,8,14-15H,1-3,6-7H2,(H,16,17). The molecule has 1 aromatic rings. The Hall–Kier alpha value is -0.710. The zero-order chi connectivity index (χ0) is 15.2. The van der Waals surface area contributed by atoms with Gasteiger partial charge in [0.1, 0.15) is 0 Å². The van der Waals surface area contributed by atoms with Crippen molar-refractivity contribution in [3.05, 3.63) is 27.3 Å². The first kappa shape index (κ1) is 17.3. The van der Waals surface area contributed by atoms with E-state index in [9.17, 15) is 13.2 Å². The molecule has 3 N–H and O–H groups in total. The maximum Gasteiger partial charge on any atom is 0.336 e. The third-order valence-corrected chi connectivity index (χ3v) is 5.00. The van der Waals surface area contributed by atoms with Gasteiger partial charge in [0.2, 0.25) is 10.0 Å². The first-order chi connectivity index (χ1) is 9.38. The first-order valence-corrected chi connectivity index (χ1v) is 8.58. The Balaban J connectivity index is 2.77. The van der Waals surface area contributed by atoms with Crippen molar-refractivity contribution in [2.24, 2.45) is 0 Å². The fraction of sp³-hybridized carbons (Fsp3) is 0.417. The molecule has 0 unspecified atom stereocenters. The van der Waals surface area contributed by atoms with Gasteiger partial charge in [-0.25, -0.2) is 17.9 Å². The molecule has 0 spiro atoms. The monoisotopic (exact) mass is 413 g/mol. The molecule has 0 bridgehead atoms. The summed E-state index contributed by atoms with van der Waals surface area (Å²) in [4.78, 5) is 10.9. The lowest BCUT2D eigenvalue weighted by atomic mass is 10.2. The number of hydrogen-bond acceptors (Lipinski definition) is 4. The Morgan fingerprint density at radius 3 is 2.55 bits per heavy atom. The number of halogens is 1. The number of aliphatic hydroxyl groups is 1. The molecule has 1 aromatic carbocycles. The van der Waals surface area contributed by atoms with Gasteiger partial charge in [0, 0.05) is 16.7 Å². The molecule has 0 fully saturated rings. The number of aliphatic hydroxyl groups excluding tert-OH is 1. The highest BCUT2D eigenvalue weighted by atomic mass is 127. The summed E-state index contributed by atoms with van der Waals surface area (Å²) in [7, 11) is -3.70. The Labute approximate surface area is 131 Å². The fourth-order valence-electron chi connectivity index (χ4n) is 1.54. The maximum absolute atomic E-state index is 12.0. The molecule has 0 aromatic heterocycles. The highest BCUT2D eigenvalue weighted by molar-refractivity contribution is 14.1. The number of carbonyl (C=O) groups is 1. The van der Waals surface area contributed by atoms with Gasteiger partial charge in [-0.05, 0) is 60.1 Å². The van der Waals surface area contributed by atoms with Crippen molar-refractivity contribution in [1.82, 2.24) is 4.72 Å². The minimum Gasteiger partial charge on any atom is -0.478 e. The van der Waals surface area contributed by atoms with E-state index in [4.69, 9.17) is 10.2 Å². The molecule has 0 saturated heterocycles. The molecule has 0 aliphatic rings. The topological polar surface area (TPSA) is 104 Å². The van der Waals surface area contributed by atoms with Crippen molar-refractivity contribution >= 4 is 38.6 Å². The van der Waals surface area contributed by atoms with Crippen molar-refractivity contribution in [2.45, 2.75) is 24.2 Å². The van der Waals surface area contributed by atoms with E-state index in [0.29, 0.717) is 16.4 Å². The number of aromatic carboxylic acids is 1. The van der Waals surface area contributed by atoms with Crippen LogP contribution < -0.4 is 4.72 Å². The normalized spacial score (nSPS) is 11.5. The van der Waals surface area contributed by atoms with Gasteiger partial charge in [0.15, 0.2) is 0 Å². The van der Waals surface area contributed by atoms with Gasteiger partial charge in [0.25, 0.3) is 0 Å². The van der Waals surface area contributed by atoms with E-state index in [2.05, 4.69) is 4.72 Å². The Kier molecular flexibility index (Phi) is 6.86. The highest BCUT2D eigenvalue weighted by Gasteiger charge is 2.17. The quantitative estimate of drug-likeness (QED) is 0.442. The molecule has 20 heavy (non-hydrogen) atoms. The average molecular weight is 413 g/mol. The number of sulfonamides is 1. The van der Waals surface area contributed by atoms with Crippen molar-refractivity contribution < 1.29 is 23.4 Å². The van der Waals surface area contributed by atoms with E-state index in [-0.39, 0.29) is 23.6 Å². The summed E-state index contributed by atoms with van der Waals surface area (Å²) in [6, 6.07) is 3.99. The minimum atomic E-state index is -3.70. The van der Waals surface area contributed by atoms with Crippen molar-refractivity contribution in [3.63, 3.8) is 0 Å². The summed E-state index contributed by atoms with van der Waals surface area (Å²) in [5.74, 6) is -1.16. The van der Waals surface area contributed by atoms with E-state index < -0.39 is 16.0 Å². The highest BCUT2D eigenvalue weighted by Crippen LogP contribution is 2.18. The molecule has 0 aliphatic heterocycles. The van der Waals surface area contributed by atoms with E-state index in [1.807, 2.05) is 22.6 Å². The summed E-state index contributed by atoms with van der Waals surface area (Å²) in [6.07, 6.45) is 1.98. The minimum absolute atomic E-state index is 0.0336. The Morgan fingerprint density at radius 2 is 1.95 bits per heavy atom. The van der Waals surface area contributed by atoms with Crippen LogP contribution in [0.25, 0.3) is 0 Å². The largest absolute Gasteiger partial charge is 0.478 e. The number of carboxylic acid groups (broad SMARTS) is 1. The number of carboxylic acids is 1. The second-order valence-electron chi connectivity index (χ2n) is 4.13. The fourth-order valence-corrected chi connectivity index (χ4v) is 3.21. The van der Waals surface area contributed by atoms with Crippen LogP contribution in [0.1, 0.15) is 29.6 Å². The molecule has 0 amide bonds. The van der Waals surface area contributed by atoms with Crippen LogP contribution in [0.5, 0.6) is 0 Å². The van der Waals surface area contributed by atoms with Crippen LogP contribution in [0.4, 0.5) is 0 Å². The SMILES string of the molecule is O=C(O)c1cc(S(=O)(=O)NCCCCCO)ccc1I. The van der Waals surface area contributed by atoms with Crippen LogP contribution in [-0.2, 0) is 10.0 Å². The molecule has 0 heterocycles. The van der Waals surface area contributed by atoms with Crippen LogP contribution in [0, 0.1) is 3.57 Å². The molecule has 0 radical (unpaired) electrons. The third kappa shape index (κ3) is 5.00. The summed E-state index contributed by atoms with van der Waals surface area (Å²) < 4.78 is 26.9. The lowest BCUT2D eigenvalue weighted by molar-refractivity contribution is 0.0695. The van der Waals surface area contributed by atoms with Crippen LogP contribution >= 0.6 is 22.6 Å². The van der Waals surface area contributed by atoms with Gasteiger partial charge < -0.3 is 10.2 Å². The van der Waals surface area contributed by atoms with E-state index in [1.54, 1.807) is 0 Å². The molecule has 8 heteroatoms. The van der Waals surface area contributed by atoms with Gasteiger partial charge in [-0.2, -0.15) is 0 Å². The van der Waals surface area contributed by atoms with Crippen LogP contribution in [0.3, 0.4) is 0 Å². The molecule has 0 aliphatic carbocycles. The molecular formula is C12H16INO5S. The summed E-state index contributed by atoms with van der Waals surface area (Å²) in [6.45, 7) is 0.350. The third-order valence-electron chi connectivity index (χ3n) is 2.61. The van der Waals surface area contributed by atoms with E-state index in [1.165, 1.54) is 12.1 Å². The van der Waals surface area contributed by atoms with Gasteiger partial charge in [-0.15, -0.1) is 0 Å². The van der Waals surface area contributed by atoms with Crippen LogP contribution in [0.2, 0.25) is 0 Å². The van der Waals surface area contributed by atoms with Crippen LogP contribution in [-0.4, -0.2) is 37.8 Å². The zero-order valence-corrected chi connectivity index (χ0v) is 13.6. The van der Waals surface area contributed by atoms with Crippen molar-refractivity contribution in [3.8, 4) is 0 Å². The van der Waals surface area contributed by atoms with Gasteiger partial charge in [-0.3, -0.25) is 0 Å². The number of benzene rings is 1. The Morgan fingerprint density at radius 1 is 1.25 bits per heavy atom. The average Bonchev–Trinajstić information content (AvgIpc) is 2.38. The lowest BCUT2D eigenvalue weighted by Gasteiger charge is -2.08. The first-order valence-electron chi connectivity index (χ1n) is 6.02. The van der Waals surface area contributed by atoms with Crippen molar-refractivity contribution in [2.75, 3.05) is 13.2 Å². The number of rotatable bonds is 8. The predicted octanol–water partition coefficient (Wildman–Crippen LogP) is 1.43. The number of nitrogens with one attached hydrogen (secondary N) is 1. The molecule has 0 atom stereocenters.